The summed E-state index contributed by atoms with van der Waals surface area (Å²) in [5.74, 6) is -0.272. The molecule has 5 heteroatoms. The van der Waals surface area contributed by atoms with Crippen LogP contribution in [-0.4, -0.2) is 16.0 Å². The van der Waals surface area contributed by atoms with Gasteiger partial charge >= 0.3 is 0 Å². The average Bonchev–Trinajstić information content (AvgIpc) is 2.60. The van der Waals surface area contributed by atoms with Crippen LogP contribution in [0.15, 0.2) is 70.7 Å². The number of hydrogen-bond donors (Lipinski definition) is 2. The summed E-state index contributed by atoms with van der Waals surface area (Å²) in [7, 11) is 0. The van der Waals surface area contributed by atoms with Gasteiger partial charge in [-0.05, 0) is 55.3 Å². The minimum Gasteiger partial charge on any atom is -0.506 e. The number of carbonyl (C=O) groups is 1. The Labute approximate surface area is 150 Å². The van der Waals surface area contributed by atoms with Crippen molar-refractivity contribution in [1.82, 2.24) is 4.98 Å². The molecule has 2 N–H and O–H groups in total. The molecule has 0 spiro atoms. The number of aryl methyl sites for hydroxylation is 2. The van der Waals surface area contributed by atoms with Gasteiger partial charge < -0.3 is 10.4 Å². The molecule has 2 aromatic carbocycles. The van der Waals surface area contributed by atoms with E-state index >= 15 is 0 Å². The number of amides is 1. The van der Waals surface area contributed by atoms with E-state index in [2.05, 4.69) is 28.5 Å². The molecule has 0 aliphatic carbocycles. The van der Waals surface area contributed by atoms with Crippen molar-refractivity contribution < 1.29 is 9.90 Å². The third-order valence-electron chi connectivity index (χ3n) is 3.72. The van der Waals surface area contributed by atoms with E-state index in [1.807, 2.05) is 13.8 Å². The second-order valence-corrected chi connectivity index (χ2v) is 6.73. The number of nitrogens with one attached hydrogen (secondary N) is 1. The van der Waals surface area contributed by atoms with Gasteiger partial charge in [0.15, 0.2) is 0 Å². The molecule has 0 saturated heterocycles. The Morgan fingerprint density at radius 1 is 1.08 bits per heavy atom. The van der Waals surface area contributed by atoms with Gasteiger partial charge in [0, 0.05) is 11.1 Å². The molecule has 3 aromatic rings. The van der Waals surface area contributed by atoms with Crippen LogP contribution in [-0.2, 0) is 0 Å². The zero-order valence-electron chi connectivity index (χ0n) is 14.0. The number of rotatable bonds is 4. The molecule has 1 amide bonds. The number of para-hydroxylation sites is 2. The van der Waals surface area contributed by atoms with Crippen LogP contribution in [0, 0.1) is 13.8 Å². The predicted octanol–water partition coefficient (Wildman–Crippen LogP) is 4.81. The van der Waals surface area contributed by atoms with Gasteiger partial charge in [-0.1, -0.05) is 36.0 Å². The maximum atomic E-state index is 12.7. The molecule has 0 saturated carbocycles. The summed E-state index contributed by atoms with van der Waals surface area (Å²) in [6.45, 7) is 4.07. The summed E-state index contributed by atoms with van der Waals surface area (Å²) in [4.78, 5) is 18.1. The Hall–Kier alpha value is -2.79. The van der Waals surface area contributed by atoms with Crippen LogP contribution in [0.1, 0.15) is 21.5 Å². The molecule has 0 aliphatic heterocycles. The van der Waals surface area contributed by atoms with E-state index in [0.717, 1.165) is 16.0 Å². The Bertz CT molecular complexity index is 925. The predicted molar refractivity (Wildman–Crippen MR) is 100 cm³/mol. The quantitative estimate of drug-likeness (QED) is 0.663. The number of phenols is 1. The molecule has 0 atom stereocenters. The number of nitrogens with zero attached hydrogens (tertiary/aromatic N) is 1. The SMILES string of the molecule is Cc1ccc(C)c(Sc2ncccc2C(=O)Nc2ccccc2O)c1. The average molecular weight is 350 g/mol. The largest absolute Gasteiger partial charge is 0.506 e. The van der Waals surface area contributed by atoms with Crippen LogP contribution in [0.3, 0.4) is 0 Å². The maximum absolute atomic E-state index is 12.7. The summed E-state index contributed by atoms with van der Waals surface area (Å²) < 4.78 is 0. The molecule has 0 fully saturated rings. The molecule has 3 rings (SSSR count). The fraction of sp³-hybridized carbons (Fsp3) is 0.100. The van der Waals surface area contributed by atoms with Crippen molar-refractivity contribution in [3.05, 3.63) is 77.5 Å². The first-order valence-electron chi connectivity index (χ1n) is 7.84. The van der Waals surface area contributed by atoms with Gasteiger partial charge in [0.2, 0.25) is 0 Å². The minimum absolute atomic E-state index is 0.0310. The Kier molecular flexibility index (Phi) is 5.05. The van der Waals surface area contributed by atoms with E-state index in [1.165, 1.54) is 17.8 Å². The second-order valence-electron chi connectivity index (χ2n) is 5.70. The number of carbonyl (C=O) groups excluding carboxylic acids is 1. The zero-order chi connectivity index (χ0) is 17.8. The lowest BCUT2D eigenvalue weighted by Crippen LogP contribution is -2.13. The number of anilines is 1. The summed E-state index contributed by atoms with van der Waals surface area (Å²) in [5, 5.41) is 13.2. The van der Waals surface area contributed by atoms with Crippen molar-refractivity contribution in [2.45, 2.75) is 23.8 Å². The number of benzene rings is 2. The lowest BCUT2D eigenvalue weighted by Gasteiger charge is -2.11. The van der Waals surface area contributed by atoms with E-state index in [1.54, 1.807) is 36.5 Å². The summed E-state index contributed by atoms with van der Waals surface area (Å²) in [6, 6.07) is 16.3. The van der Waals surface area contributed by atoms with E-state index < -0.39 is 0 Å². The maximum Gasteiger partial charge on any atom is 0.258 e. The molecule has 126 valence electrons. The lowest BCUT2D eigenvalue weighted by molar-refractivity contribution is 0.102. The Morgan fingerprint density at radius 2 is 1.88 bits per heavy atom. The van der Waals surface area contributed by atoms with Gasteiger partial charge in [0.05, 0.1) is 11.3 Å². The second kappa shape index (κ2) is 7.40. The van der Waals surface area contributed by atoms with Gasteiger partial charge in [-0.3, -0.25) is 4.79 Å². The monoisotopic (exact) mass is 350 g/mol. The first kappa shape index (κ1) is 17.0. The number of aromatic nitrogens is 1. The molecule has 0 unspecified atom stereocenters. The van der Waals surface area contributed by atoms with Crippen molar-refractivity contribution in [3.8, 4) is 5.75 Å². The van der Waals surface area contributed by atoms with Crippen LogP contribution in [0.4, 0.5) is 5.69 Å². The van der Waals surface area contributed by atoms with E-state index in [0.29, 0.717) is 16.3 Å². The molecule has 0 bridgehead atoms. The lowest BCUT2D eigenvalue weighted by atomic mass is 10.2. The van der Waals surface area contributed by atoms with Crippen molar-refractivity contribution >= 4 is 23.4 Å². The molecular formula is C20H18N2O2S. The van der Waals surface area contributed by atoms with Gasteiger partial charge in [-0.25, -0.2) is 4.98 Å². The number of pyridine rings is 1. The Balaban J connectivity index is 1.89. The first-order valence-corrected chi connectivity index (χ1v) is 8.66. The smallest absolute Gasteiger partial charge is 0.258 e. The van der Waals surface area contributed by atoms with Crippen LogP contribution in [0.5, 0.6) is 5.75 Å². The highest BCUT2D eigenvalue weighted by Crippen LogP contribution is 2.32. The normalized spacial score (nSPS) is 10.5. The number of hydrogen-bond acceptors (Lipinski definition) is 4. The van der Waals surface area contributed by atoms with Gasteiger partial charge in [0.25, 0.3) is 5.91 Å². The van der Waals surface area contributed by atoms with Crippen molar-refractivity contribution in [3.63, 3.8) is 0 Å². The molecule has 1 heterocycles. The number of phenolic OH excluding ortho intramolecular Hbond substituents is 1. The van der Waals surface area contributed by atoms with Gasteiger partial charge in [-0.2, -0.15) is 0 Å². The fourth-order valence-electron chi connectivity index (χ4n) is 2.34. The molecule has 4 nitrogen and oxygen atoms in total. The Morgan fingerprint density at radius 3 is 2.68 bits per heavy atom. The van der Waals surface area contributed by atoms with E-state index in [-0.39, 0.29) is 11.7 Å². The van der Waals surface area contributed by atoms with E-state index in [9.17, 15) is 9.90 Å². The zero-order valence-corrected chi connectivity index (χ0v) is 14.8. The fourth-order valence-corrected chi connectivity index (χ4v) is 3.40. The molecule has 0 radical (unpaired) electrons. The molecule has 1 aromatic heterocycles. The third kappa shape index (κ3) is 4.00. The highest BCUT2D eigenvalue weighted by molar-refractivity contribution is 7.99. The van der Waals surface area contributed by atoms with Crippen molar-refractivity contribution in [2.24, 2.45) is 0 Å². The van der Waals surface area contributed by atoms with Gasteiger partial charge in [-0.15, -0.1) is 0 Å². The van der Waals surface area contributed by atoms with Gasteiger partial charge in [0.1, 0.15) is 10.8 Å². The molecule has 25 heavy (non-hydrogen) atoms. The standard InChI is InChI=1S/C20H18N2O2S/c1-13-9-10-14(2)18(12-13)25-20-15(6-5-11-21-20)19(24)22-16-7-3-4-8-17(16)23/h3-12,23H,1-2H3,(H,22,24). The number of aromatic hydroxyl groups is 1. The van der Waals surface area contributed by atoms with Crippen LogP contribution in [0.25, 0.3) is 0 Å². The summed E-state index contributed by atoms with van der Waals surface area (Å²) >= 11 is 1.46. The topological polar surface area (TPSA) is 62.2 Å². The highest BCUT2D eigenvalue weighted by Gasteiger charge is 2.15. The highest BCUT2D eigenvalue weighted by atomic mass is 32.2. The van der Waals surface area contributed by atoms with Crippen molar-refractivity contribution in [2.75, 3.05) is 5.32 Å². The summed E-state index contributed by atoms with van der Waals surface area (Å²) in [6.07, 6.45) is 1.67. The summed E-state index contributed by atoms with van der Waals surface area (Å²) in [5.41, 5.74) is 3.13. The van der Waals surface area contributed by atoms with Crippen LogP contribution < -0.4 is 5.32 Å². The first-order chi connectivity index (χ1) is 12.0. The minimum atomic E-state index is -0.303. The molecule has 0 aliphatic rings. The third-order valence-corrected chi connectivity index (χ3v) is 4.90. The van der Waals surface area contributed by atoms with E-state index in [4.69, 9.17) is 0 Å². The van der Waals surface area contributed by atoms with Crippen LogP contribution in [0.2, 0.25) is 0 Å². The van der Waals surface area contributed by atoms with Crippen LogP contribution >= 0.6 is 11.8 Å². The molecular weight excluding hydrogens is 332 g/mol. The van der Waals surface area contributed by atoms with Crippen molar-refractivity contribution in [1.29, 1.82) is 0 Å².